The summed E-state index contributed by atoms with van der Waals surface area (Å²) in [4.78, 5) is 14.7. The molecule has 3 heterocycles. The number of alkyl halides is 3. The number of anilines is 1. The number of benzene rings is 1. The number of carbonyl (C=O) groups is 1. The summed E-state index contributed by atoms with van der Waals surface area (Å²) in [6.07, 6.45) is -1.36. The molecule has 3 aromatic rings. The van der Waals surface area contributed by atoms with Crippen molar-refractivity contribution in [3.05, 3.63) is 52.8 Å². The van der Waals surface area contributed by atoms with Crippen LogP contribution in [0.5, 0.6) is 0 Å². The Morgan fingerprint density at radius 1 is 1.09 bits per heavy atom. The maximum absolute atomic E-state index is 13.1. The molecule has 1 aliphatic heterocycles. The Morgan fingerprint density at radius 3 is 2.42 bits per heavy atom. The number of fused-ring (bicyclic) bond motifs is 1. The van der Waals surface area contributed by atoms with Crippen molar-refractivity contribution in [1.82, 2.24) is 25.1 Å². The molecule has 2 fully saturated rings. The average Bonchev–Trinajstić information content (AvgIpc) is 3.46. The van der Waals surface area contributed by atoms with Gasteiger partial charge in [-0.05, 0) is 55.5 Å². The molecule has 11 heteroatoms. The maximum atomic E-state index is 13.1. The molecule has 174 valence electrons. The lowest BCUT2D eigenvalue weighted by Crippen LogP contribution is -2.42. The van der Waals surface area contributed by atoms with Crippen LogP contribution in [0.4, 0.5) is 19.0 Å². The molecule has 1 N–H and O–H groups in total. The molecule has 2 aromatic heterocycles. The number of halogens is 4. The van der Waals surface area contributed by atoms with E-state index in [2.05, 4.69) is 20.6 Å². The summed E-state index contributed by atoms with van der Waals surface area (Å²) in [6, 6.07) is 10.9. The van der Waals surface area contributed by atoms with Crippen LogP contribution in [0.3, 0.4) is 0 Å². The van der Waals surface area contributed by atoms with Crippen molar-refractivity contribution in [2.75, 3.05) is 24.5 Å². The fourth-order valence-corrected chi connectivity index (χ4v) is 4.54. The molecule has 2 aliphatic rings. The van der Waals surface area contributed by atoms with E-state index in [-0.39, 0.29) is 22.9 Å². The second-order valence-corrected chi connectivity index (χ2v) is 9.19. The van der Waals surface area contributed by atoms with E-state index in [1.165, 1.54) is 11.6 Å². The van der Waals surface area contributed by atoms with Gasteiger partial charge in [-0.2, -0.15) is 17.7 Å². The molecular formula is C22H22ClF3N6O. The predicted octanol–water partition coefficient (Wildman–Crippen LogP) is 3.86. The van der Waals surface area contributed by atoms with Gasteiger partial charge in [0, 0.05) is 36.0 Å². The zero-order valence-corrected chi connectivity index (χ0v) is 18.4. The van der Waals surface area contributed by atoms with E-state index in [4.69, 9.17) is 11.6 Å². The van der Waals surface area contributed by atoms with E-state index < -0.39 is 12.0 Å². The first-order chi connectivity index (χ1) is 15.7. The summed E-state index contributed by atoms with van der Waals surface area (Å²) in [7, 11) is 0. The van der Waals surface area contributed by atoms with Crippen LogP contribution < -0.4 is 10.2 Å². The smallest absolute Gasteiger partial charge is 0.355 e. The van der Waals surface area contributed by atoms with Gasteiger partial charge in [0.15, 0.2) is 5.65 Å². The number of hydrogen-bond acceptors (Lipinski definition) is 5. The van der Waals surface area contributed by atoms with Crippen molar-refractivity contribution in [1.29, 1.82) is 0 Å². The highest BCUT2D eigenvalue weighted by atomic mass is 35.5. The Balaban J connectivity index is 1.19. The standard InChI is InChI=1S/C22H22ClF3N6O/c23-16-3-1-15(2-4-16)21(9-10-21)13-27-19(33)14-7-11-31(12-8-14)18-6-5-17-28-29-20(22(24,25)26)32(17)30-18/h1-6,14H,7-13H2,(H,27,33). The van der Waals surface area contributed by atoms with E-state index in [9.17, 15) is 18.0 Å². The maximum Gasteiger partial charge on any atom is 0.453 e. The first-order valence-corrected chi connectivity index (χ1v) is 11.2. The first kappa shape index (κ1) is 21.9. The summed E-state index contributed by atoms with van der Waals surface area (Å²) in [5.74, 6) is -0.849. The fraction of sp³-hybridized carbons (Fsp3) is 0.455. The monoisotopic (exact) mass is 478 g/mol. The Kier molecular flexibility index (Phi) is 5.43. The molecule has 1 saturated heterocycles. The third-order valence-electron chi connectivity index (χ3n) is 6.60. The molecule has 1 amide bonds. The molecule has 0 unspecified atom stereocenters. The molecule has 1 aromatic carbocycles. The topological polar surface area (TPSA) is 75.4 Å². The second-order valence-electron chi connectivity index (χ2n) is 8.75. The van der Waals surface area contributed by atoms with Gasteiger partial charge in [0.1, 0.15) is 5.82 Å². The number of amides is 1. The minimum absolute atomic E-state index is 0.00466. The minimum Gasteiger partial charge on any atom is -0.355 e. The summed E-state index contributed by atoms with van der Waals surface area (Å²) in [5.41, 5.74) is 1.22. The Hall–Kier alpha value is -2.88. The van der Waals surface area contributed by atoms with E-state index in [1.807, 2.05) is 29.2 Å². The van der Waals surface area contributed by atoms with Crippen LogP contribution in [0.15, 0.2) is 36.4 Å². The van der Waals surface area contributed by atoms with Gasteiger partial charge in [-0.15, -0.1) is 15.3 Å². The van der Waals surface area contributed by atoms with E-state index in [0.717, 1.165) is 17.4 Å². The van der Waals surface area contributed by atoms with Gasteiger partial charge in [0.25, 0.3) is 5.82 Å². The van der Waals surface area contributed by atoms with Crippen LogP contribution in [0.1, 0.15) is 37.1 Å². The van der Waals surface area contributed by atoms with Crippen molar-refractivity contribution < 1.29 is 18.0 Å². The molecule has 0 bridgehead atoms. The van der Waals surface area contributed by atoms with Crippen LogP contribution in [-0.4, -0.2) is 45.4 Å². The average molecular weight is 479 g/mol. The lowest BCUT2D eigenvalue weighted by molar-refractivity contribution is -0.146. The second kappa shape index (κ2) is 8.16. The van der Waals surface area contributed by atoms with Gasteiger partial charge in [0.05, 0.1) is 0 Å². The highest BCUT2D eigenvalue weighted by molar-refractivity contribution is 6.30. The third-order valence-corrected chi connectivity index (χ3v) is 6.86. The Labute approximate surface area is 192 Å². The molecule has 5 rings (SSSR count). The molecule has 1 aliphatic carbocycles. The zero-order chi connectivity index (χ0) is 23.2. The van der Waals surface area contributed by atoms with Gasteiger partial charge < -0.3 is 10.2 Å². The quantitative estimate of drug-likeness (QED) is 0.602. The van der Waals surface area contributed by atoms with Crippen molar-refractivity contribution in [3.8, 4) is 0 Å². The number of carbonyl (C=O) groups excluding carboxylic acids is 1. The third kappa shape index (κ3) is 4.36. The van der Waals surface area contributed by atoms with Crippen LogP contribution in [-0.2, 0) is 16.4 Å². The summed E-state index contributed by atoms with van der Waals surface area (Å²) < 4.78 is 40.1. The normalized spacial score (nSPS) is 18.5. The van der Waals surface area contributed by atoms with Crippen molar-refractivity contribution in [3.63, 3.8) is 0 Å². The molecule has 0 spiro atoms. The predicted molar refractivity (Wildman–Crippen MR) is 116 cm³/mol. The Bertz CT molecular complexity index is 1170. The number of rotatable bonds is 5. The van der Waals surface area contributed by atoms with Gasteiger partial charge in [-0.3, -0.25) is 4.79 Å². The highest BCUT2D eigenvalue weighted by Crippen LogP contribution is 2.47. The van der Waals surface area contributed by atoms with E-state index in [0.29, 0.717) is 43.3 Å². The summed E-state index contributed by atoms with van der Waals surface area (Å²) in [5, 5.41) is 14.6. The first-order valence-electron chi connectivity index (χ1n) is 10.8. The SMILES string of the molecule is O=C(NCC1(c2ccc(Cl)cc2)CC1)C1CCN(c2ccc3nnc(C(F)(F)F)n3n2)CC1. The zero-order valence-electron chi connectivity index (χ0n) is 17.6. The largest absolute Gasteiger partial charge is 0.453 e. The van der Waals surface area contributed by atoms with Crippen LogP contribution in [0.2, 0.25) is 5.02 Å². The Morgan fingerprint density at radius 2 is 1.79 bits per heavy atom. The number of piperidine rings is 1. The fourth-order valence-electron chi connectivity index (χ4n) is 4.42. The number of nitrogens with zero attached hydrogens (tertiary/aromatic N) is 5. The minimum atomic E-state index is -4.64. The number of nitrogens with one attached hydrogen (secondary N) is 1. The van der Waals surface area contributed by atoms with Gasteiger partial charge in [0.2, 0.25) is 5.91 Å². The summed E-state index contributed by atoms with van der Waals surface area (Å²) >= 11 is 5.98. The molecular weight excluding hydrogens is 457 g/mol. The highest BCUT2D eigenvalue weighted by Gasteiger charge is 2.44. The van der Waals surface area contributed by atoms with Crippen LogP contribution >= 0.6 is 11.6 Å². The van der Waals surface area contributed by atoms with Gasteiger partial charge in [-0.25, -0.2) is 0 Å². The summed E-state index contributed by atoms with van der Waals surface area (Å²) in [6.45, 7) is 1.66. The van der Waals surface area contributed by atoms with Gasteiger partial charge >= 0.3 is 6.18 Å². The molecule has 0 atom stereocenters. The number of aromatic nitrogens is 4. The van der Waals surface area contributed by atoms with Crippen LogP contribution in [0.25, 0.3) is 5.65 Å². The van der Waals surface area contributed by atoms with Crippen molar-refractivity contribution in [2.24, 2.45) is 5.92 Å². The molecule has 7 nitrogen and oxygen atoms in total. The lowest BCUT2D eigenvalue weighted by atomic mass is 9.93. The number of hydrogen-bond donors (Lipinski definition) is 1. The van der Waals surface area contributed by atoms with Crippen LogP contribution in [0, 0.1) is 5.92 Å². The van der Waals surface area contributed by atoms with E-state index >= 15 is 0 Å². The molecule has 1 saturated carbocycles. The lowest BCUT2D eigenvalue weighted by Gasteiger charge is -2.32. The molecule has 0 radical (unpaired) electrons. The van der Waals surface area contributed by atoms with Gasteiger partial charge in [-0.1, -0.05) is 23.7 Å². The van der Waals surface area contributed by atoms with Crippen molar-refractivity contribution >= 4 is 29.0 Å². The van der Waals surface area contributed by atoms with E-state index in [1.54, 1.807) is 6.07 Å². The van der Waals surface area contributed by atoms with Crippen molar-refractivity contribution in [2.45, 2.75) is 37.3 Å². The molecule has 33 heavy (non-hydrogen) atoms.